The lowest BCUT2D eigenvalue weighted by molar-refractivity contribution is -0.116. The average molecular weight is 412 g/mol. The number of amides is 1. The number of aromatic nitrogens is 4. The first kappa shape index (κ1) is 18.8. The zero-order valence-electron chi connectivity index (χ0n) is 15.3. The molecule has 146 valence electrons. The molecule has 0 aliphatic carbocycles. The van der Waals surface area contributed by atoms with Gasteiger partial charge in [-0.15, -0.1) is 0 Å². The van der Waals surface area contributed by atoms with Gasteiger partial charge in [-0.1, -0.05) is 28.9 Å². The number of anilines is 1. The van der Waals surface area contributed by atoms with Crippen molar-refractivity contribution in [3.05, 3.63) is 71.4 Å². The minimum atomic E-state index is -0.396. The van der Waals surface area contributed by atoms with Gasteiger partial charge < -0.3 is 14.4 Å². The highest BCUT2D eigenvalue weighted by Crippen LogP contribution is 2.23. The summed E-state index contributed by atoms with van der Waals surface area (Å²) >= 11 is 6.07. The summed E-state index contributed by atoms with van der Waals surface area (Å²) in [5.41, 5.74) is 2.36. The van der Waals surface area contributed by atoms with Crippen LogP contribution in [0.4, 0.5) is 10.1 Å². The number of carbonyl (C=O) groups excluding carboxylic acids is 1. The van der Waals surface area contributed by atoms with Gasteiger partial charge >= 0.3 is 0 Å². The zero-order chi connectivity index (χ0) is 20.4. The molecule has 0 bridgehead atoms. The number of benzene rings is 2. The number of hydrogen-bond donors (Lipinski definition) is 1. The number of carbonyl (C=O) groups is 1. The number of nitrogens with one attached hydrogen (secondary N) is 1. The van der Waals surface area contributed by atoms with Gasteiger partial charge in [0.15, 0.2) is 0 Å². The van der Waals surface area contributed by atoms with Crippen LogP contribution >= 0.6 is 11.6 Å². The molecular weight excluding hydrogens is 397 g/mol. The summed E-state index contributed by atoms with van der Waals surface area (Å²) in [6, 6.07) is 11.2. The van der Waals surface area contributed by atoms with Crippen molar-refractivity contribution in [2.75, 3.05) is 5.32 Å². The van der Waals surface area contributed by atoms with E-state index in [1.807, 2.05) is 6.92 Å². The van der Waals surface area contributed by atoms with Crippen LogP contribution < -0.4 is 5.32 Å². The first-order valence-corrected chi connectivity index (χ1v) is 9.04. The first-order valence-electron chi connectivity index (χ1n) is 8.66. The average Bonchev–Trinajstić information content (AvgIpc) is 3.35. The Labute approximate surface area is 170 Å². The van der Waals surface area contributed by atoms with Gasteiger partial charge in [0, 0.05) is 22.5 Å². The Morgan fingerprint density at radius 1 is 1.28 bits per heavy atom. The van der Waals surface area contributed by atoms with Crippen molar-refractivity contribution >= 4 is 23.2 Å². The van der Waals surface area contributed by atoms with Crippen LogP contribution in [0.25, 0.3) is 23.0 Å². The fraction of sp³-hybridized carbons (Fsp3) is 0.100. The zero-order valence-corrected chi connectivity index (χ0v) is 16.0. The second-order valence-corrected chi connectivity index (χ2v) is 6.73. The molecular formula is C20H15ClFN5O2. The maximum Gasteiger partial charge on any atom is 0.258 e. The van der Waals surface area contributed by atoms with E-state index >= 15 is 0 Å². The summed E-state index contributed by atoms with van der Waals surface area (Å²) in [6.45, 7) is 1.88. The van der Waals surface area contributed by atoms with E-state index in [4.69, 9.17) is 16.1 Å². The minimum absolute atomic E-state index is 0.0492. The molecule has 0 saturated carbocycles. The van der Waals surface area contributed by atoms with Gasteiger partial charge in [0.25, 0.3) is 5.89 Å². The van der Waals surface area contributed by atoms with Gasteiger partial charge in [-0.25, -0.2) is 9.37 Å². The molecule has 0 atom stereocenters. The number of imidazole rings is 1. The van der Waals surface area contributed by atoms with E-state index in [-0.39, 0.29) is 24.2 Å². The smallest absolute Gasteiger partial charge is 0.258 e. The lowest BCUT2D eigenvalue weighted by Crippen LogP contribution is -2.18. The van der Waals surface area contributed by atoms with Crippen LogP contribution in [0.15, 0.2) is 59.5 Å². The van der Waals surface area contributed by atoms with Gasteiger partial charge in [0.2, 0.25) is 11.7 Å². The van der Waals surface area contributed by atoms with Crippen LogP contribution in [0.3, 0.4) is 0 Å². The Morgan fingerprint density at radius 3 is 2.93 bits per heavy atom. The highest BCUT2D eigenvalue weighted by atomic mass is 35.5. The van der Waals surface area contributed by atoms with Gasteiger partial charge in [0.1, 0.15) is 18.1 Å². The molecule has 0 aliphatic heterocycles. The molecule has 29 heavy (non-hydrogen) atoms. The van der Waals surface area contributed by atoms with Crippen LogP contribution in [-0.2, 0) is 11.3 Å². The molecule has 9 heteroatoms. The topological polar surface area (TPSA) is 85.8 Å². The van der Waals surface area contributed by atoms with E-state index in [1.54, 1.807) is 41.1 Å². The summed E-state index contributed by atoms with van der Waals surface area (Å²) in [4.78, 5) is 20.8. The molecule has 4 rings (SSSR count). The number of halogens is 2. The van der Waals surface area contributed by atoms with Crippen LogP contribution in [0.5, 0.6) is 0 Å². The summed E-state index contributed by atoms with van der Waals surface area (Å²) in [5, 5.41) is 7.28. The monoisotopic (exact) mass is 411 g/mol. The van der Waals surface area contributed by atoms with E-state index in [1.165, 1.54) is 18.5 Å². The van der Waals surface area contributed by atoms with Crippen molar-refractivity contribution in [2.45, 2.75) is 13.5 Å². The van der Waals surface area contributed by atoms with Crippen LogP contribution in [0, 0.1) is 12.7 Å². The van der Waals surface area contributed by atoms with Gasteiger partial charge in [0.05, 0.1) is 6.33 Å². The molecule has 0 radical (unpaired) electrons. The van der Waals surface area contributed by atoms with E-state index in [0.29, 0.717) is 22.0 Å². The molecule has 4 aromatic rings. The van der Waals surface area contributed by atoms with Gasteiger partial charge in [-0.2, -0.15) is 4.98 Å². The van der Waals surface area contributed by atoms with E-state index in [0.717, 1.165) is 5.56 Å². The maximum absolute atomic E-state index is 13.4. The summed E-state index contributed by atoms with van der Waals surface area (Å²) < 4.78 is 20.1. The van der Waals surface area contributed by atoms with E-state index in [9.17, 15) is 9.18 Å². The predicted octanol–water partition coefficient (Wildman–Crippen LogP) is 4.34. The quantitative estimate of drug-likeness (QED) is 0.528. The van der Waals surface area contributed by atoms with Crippen LogP contribution in [0.2, 0.25) is 5.02 Å². The molecule has 7 nitrogen and oxygen atoms in total. The molecule has 0 fully saturated rings. The van der Waals surface area contributed by atoms with Gasteiger partial charge in [-0.3, -0.25) is 4.79 Å². The third-order valence-corrected chi connectivity index (χ3v) is 4.64. The molecule has 0 spiro atoms. The van der Waals surface area contributed by atoms with Crippen LogP contribution in [-0.4, -0.2) is 25.6 Å². The second-order valence-electron chi connectivity index (χ2n) is 6.33. The predicted molar refractivity (Wildman–Crippen MR) is 106 cm³/mol. The highest BCUT2D eigenvalue weighted by molar-refractivity contribution is 6.31. The molecule has 1 amide bonds. The number of rotatable bonds is 5. The third kappa shape index (κ3) is 4.17. The van der Waals surface area contributed by atoms with E-state index in [2.05, 4.69) is 20.4 Å². The summed E-state index contributed by atoms with van der Waals surface area (Å²) in [6.07, 6.45) is 3.13. The molecule has 0 aliphatic rings. The van der Waals surface area contributed by atoms with Crippen molar-refractivity contribution in [1.29, 1.82) is 0 Å². The molecule has 2 heterocycles. The maximum atomic E-state index is 13.4. The SMILES string of the molecule is Cc1c(Cl)cccc1NC(=O)Cn1cnc(-c2noc(-c3cccc(F)c3)n2)c1. The van der Waals surface area contributed by atoms with Crippen molar-refractivity contribution in [2.24, 2.45) is 0 Å². The lowest BCUT2D eigenvalue weighted by atomic mass is 10.2. The Kier molecular flexibility index (Phi) is 5.09. The van der Waals surface area contributed by atoms with Crippen molar-refractivity contribution < 1.29 is 13.7 Å². The van der Waals surface area contributed by atoms with E-state index < -0.39 is 5.82 Å². The molecule has 2 aromatic carbocycles. The number of hydrogen-bond acceptors (Lipinski definition) is 5. The second kappa shape index (κ2) is 7.84. The summed E-state index contributed by atoms with van der Waals surface area (Å²) in [7, 11) is 0. The molecule has 0 unspecified atom stereocenters. The highest BCUT2D eigenvalue weighted by Gasteiger charge is 2.14. The summed E-state index contributed by atoms with van der Waals surface area (Å²) in [5.74, 6) is -0.197. The fourth-order valence-corrected chi connectivity index (χ4v) is 2.90. The van der Waals surface area contributed by atoms with Crippen LogP contribution in [0.1, 0.15) is 5.56 Å². The van der Waals surface area contributed by atoms with Crippen molar-refractivity contribution in [1.82, 2.24) is 19.7 Å². The lowest BCUT2D eigenvalue weighted by Gasteiger charge is -2.09. The third-order valence-electron chi connectivity index (χ3n) is 4.23. The Bertz CT molecular complexity index is 1190. The minimum Gasteiger partial charge on any atom is -0.334 e. The van der Waals surface area contributed by atoms with Crippen molar-refractivity contribution in [3.8, 4) is 23.0 Å². The molecule has 0 saturated heterocycles. The largest absolute Gasteiger partial charge is 0.334 e. The molecule has 2 aromatic heterocycles. The van der Waals surface area contributed by atoms with Crippen molar-refractivity contribution in [3.63, 3.8) is 0 Å². The first-order chi connectivity index (χ1) is 14.0. The van der Waals surface area contributed by atoms with Gasteiger partial charge in [-0.05, 0) is 42.8 Å². The Morgan fingerprint density at radius 2 is 2.10 bits per heavy atom. The fourth-order valence-electron chi connectivity index (χ4n) is 2.73. The Hall–Kier alpha value is -3.52. The Balaban J connectivity index is 1.46. The molecule has 1 N–H and O–H groups in total. The normalized spacial score (nSPS) is 10.9. The number of nitrogens with zero attached hydrogens (tertiary/aromatic N) is 4. The standard InChI is InChI=1S/C20H15ClFN5O2/c1-12-15(21)6-3-7-16(12)24-18(28)10-27-9-17(23-11-27)19-25-20(29-26-19)13-4-2-5-14(22)8-13/h2-9,11H,10H2,1H3,(H,24,28).